The Hall–Kier alpha value is -0.280. The van der Waals surface area contributed by atoms with Gasteiger partial charge in [-0.2, -0.15) is 0 Å². The maximum atomic E-state index is 10.3. The van der Waals surface area contributed by atoms with Gasteiger partial charge in [-0.15, -0.1) is 0 Å². The molecule has 1 rings (SSSR count). The fourth-order valence-electron chi connectivity index (χ4n) is 1.95. The predicted molar refractivity (Wildman–Crippen MR) is 73.4 cm³/mol. The first-order chi connectivity index (χ1) is 7.95. The number of nitrogens with two attached hydrogens (primary N) is 1. The van der Waals surface area contributed by atoms with E-state index in [0.717, 1.165) is 6.42 Å². The summed E-state index contributed by atoms with van der Waals surface area (Å²) in [5.74, 6) is 0.512. The molecule has 3 N–H and O–H groups in total. The number of halogens is 2. The lowest BCUT2D eigenvalue weighted by atomic mass is 9.88. The summed E-state index contributed by atoms with van der Waals surface area (Å²) in [6.07, 6.45) is 0.239. The van der Waals surface area contributed by atoms with Crippen molar-refractivity contribution in [2.24, 2.45) is 17.6 Å². The van der Waals surface area contributed by atoms with Crippen molar-refractivity contribution in [3.63, 3.8) is 0 Å². The second-order valence-corrected chi connectivity index (χ2v) is 5.58. The number of hydrogen-bond donors (Lipinski definition) is 2. The third kappa shape index (κ3) is 4.14. The van der Waals surface area contributed by atoms with Crippen LogP contribution in [0.25, 0.3) is 0 Å². The van der Waals surface area contributed by atoms with Crippen LogP contribution in [0.1, 0.15) is 31.9 Å². The fraction of sp³-hybridized carbons (Fsp3) is 0.538. The van der Waals surface area contributed by atoms with Crippen molar-refractivity contribution < 1.29 is 5.11 Å². The molecule has 2 atom stereocenters. The standard InChI is InChI=1S/C13H19Cl2NO/c1-8(2)5-9(7-16)13(17)11-4-3-10(14)6-12(11)15/h3-4,6,8-9,13,17H,5,7,16H2,1-2H3. The summed E-state index contributed by atoms with van der Waals surface area (Å²) in [4.78, 5) is 0. The van der Waals surface area contributed by atoms with Crippen LogP contribution < -0.4 is 5.73 Å². The van der Waals surface area contributed by atoms with E-state index in [9.17, 15) is 5.11 Å². The molecule has 4 heteroatoms. The minimum Gasteiger partial charge on any atom is -0.388 e. The predicted octanol–water partition coefficient (Wildman–Crippen LogP) is 3.65. The van der Waals surface area contributed by atoms with Gasteiger partial charge < -0.3 is 10.8 Å². The van der Waals surface area contributed by atoms with Crippen molar-refractivity contribution >= 4 is 23.2 Å². The summed E-state index contributed by atoms with van der Waals surface area (Å²) in [5.41, 5.74) is 6.41. The van der Waals surface area contributed by atoms with E-state index >= 15 is 0 Å². The highest BCUT2D eigenvalue weighted by atomic mass is 35.5. The smallest absolute Gasteiger partial charge is 0.0844 e. The zero-order valence-corrected chi connectivity index (χ0v) is 11.7. The molecule has 0 fully saturated rings. The van der Waals surface area contributed by atoms with E-state index in [2.05, 4.69) is 13.8 Å². The minimum absolute atomic E-state index is 0.0219. The second kappa shape index (κ2) is 6.60. The summed E-state index contributed by atoms with van der Waals surface area (Å²) in [7, 11) is 0. The Bertz CT molecular complexity index is 368. The van der Waals surface area contributed by atoms with Crippen molar-refractivity contribution in [1.82, 2.24) is 0 Å². The lowest BCUT2D eigenvalue weighted by Crippen LogP contribution is -2.23. The Labute approximate surface area is 113 Å². The van der Waals surface area contributed by atoms with E-state index in [-0.39, 0.29) is 5.92 Å². The molecular weight excluding hydrogens is 257 g/mol. The van der Waals surface area contributed by atoms with Crippen molar-refractivity contribution in [3.05, 3.63) is 33.8 Å². The van der Waals surface area contributed by atoms with Gasteiger partial charge in [-0.05, 0) is 36.6 Å². The van der Waals surface area contributed by atoms with Crippen molar-refractivity contribution in [3.8, 4) is 0 Å². The topological polar surface area (TPSA) is 46.2 Å². The zero-order valence-electron chi connectivity index (χ0n) is 10.2. The van der Waals surface area contributed by atoms with Gasteiger partial charge in [0.15, 0.2) is 0 Å². The van der Waals surface area contributed by atoms with E-state index < -0.39 is 6.10 Å². The van der Waals surface area contributed by atoms with Crippen LogP contribution in [-0.4, -0.2) is 11.7 Å². The average Bonchev–Trinajstić information content (AvgIpc) is 2.24. The maximum absolute atomic E-state index is 10.3. The van der Waals surface area contributed by atoms with Gasteiger partial charge in [0.05, 0.1) is 6.10 Å². The van der Waals surface area contributed by atoms with Crippen LogP contribution in [0.2, 0.25) is 10.0 Å². The van der Waals surface area contributed by atoms with Crippen molar-refractivity contribution in [1.29, 1.82) is 0 Å². The quantitative estimate of drug-likeness (QED) is 0.862. The molecule has 0 aliphatic carbocycles. The van der Waals surface area contributed by atoms with E-state index in [1.165, 1.54) is 0 Å². The van der Waals surface area contributed by atoms with Crippen LogP contribution in [0.4, 0.5) is 0 Å². The van der Waals surface area contributed by atoms with E-state index in [4.69, 9.17) is 28.9 Å². The normalized spacial score (nSPS) is 15.0. The zero-order chi connectivity index (χ0) is 13.0. The Morgan fingerprint density at radius 3 is 2.41 bits per heavy atom. The molecule has 0 saturated carbocycles. The molecule has 0 saturated heterocycles. The van der Waals surface area contributed by atoms with E-state index in [1.54, 1.807) is 18.2 Å². The highest BCUT2D eigenvalue weighted by Crippen LogP contribution is 2.32. The molecule has 0 spiro atoms. The van der Waals surface area contributed by atoms with Gasteiger partial charge in [-0.3, -0.25) is 0 Å². The third-order valence-electron chi connectivity index (χ3n) is 2.80. The number of benzene rings is 1. The number of aliphatic hydroxyl groups is 1. The molecule has 0 aliphatic rings. The SMILES string of the molecule is CC(C)CC(CN)C(O)c1ccc(Cl)cc1Cl. The summed E-state index contributed by atoms with van der Waals surface area (Å²) in [6, 6.07) is 5.14. The van der Waals surface area contributed by atoms with Gasteiger partial charge in [-0.1, -0.05) is 43.1 Å². The molecule has 96 valence electrons. The first kappa shape index (κ1) is 14.8. The van der Waals surface area contributed by atoms with Crippen molar-refractivity contribution in [2.75, 3.05) is 6.54 Å². The highest BCUT2D eigenvalue weighted by molar-refractivity contribution is 6.35. The first-order valence-electron chi connectivity index (χ1n) is 5.78. The first-order valence-corrected chi connectivity index (χ1v) is 6.54. The van der Waals surface area contributed by atoms with Gasteiger partial charge in [0.1, 0.15) is 0 Å². The Morgan fingerprint density at radius 1 is 1.29 bits per heavy atom. The minimum atomic E-state index is -0.632. The second-order valence-electron chi connectivity index (χ2n) is 4.74. The molecule has 1 aromatic rings. The van der Waals surface area contributed by atoms with Gasteiger partial charge in [0.2, 0.25) is 0 Å². The van der Waals surface area contributed by atoms with Crippen molar-refractivity contribution in [2.45, 2.75) is 26.4 Å². The molecule has 2 nitrogen and oxygen atoms in total. The Kier molecular flexibility index (Phi) is 5.74. The lowest BCUT2D eigenvalue weighted by molar-refractivity contribution is 0.0996. The van der Waals surface area contributed by atoms with Crippen LogP contribution in [0, 0.1) is 11.8 Å². The highest BCUT2D eigenvalue weighted by Gasteiger charge is 2.22. The third-order valence-corrected chi connectivity index (χ3v) is 3.37. The van der Waals surface area contributed by atoms with Crippen LogP contribution in [0.3, 0.4) is 0 Å². The van der Waals surface area contributed by atoms with Crippen LogP contribution in [-0.2, 0) is 0 Å². The maximum Gasteiger partial charge on any atom is 0.0844 e. The Balaban J connectivity index is 2.89. The van der Waals surface area contributed by atoms with E-state index in [0.29, 0.717) is 28.1 Å². The molecule has 0 bridgehead atoms. The largest absolute Gasteiger partial charge is 0.388 e. The molecule has 2 unspecified atom stereocenters. The van der Waals surface area contributed by atoms with E-state index in [1.807, 2.05) is 0 Å². The lowest BCUT2D eigenvalue weighted by Gasteiger charge is -2.24. The molecular formula is C13H19Cl2NO. The molecule has 1 aromatic carbocycles. The van der Waals surface area contributed by atoms with Gasteiger partial charge in [-0.25, -0.2) is 0 Å². The number of rotatable bonds is 5. The molecule has 0 aromatic heterocycles. The summed E-state index contributed by atoms with van der Waals surface area (Å²) < 4.78 is 0. The van der Waals surface area contributed by atoms with Gasteiger partial charge in [0, 0.05) is 16.0 Å². The molecule has 17 heavy (non-hydrogen) atoms. The van der Waals surface area contributed by atoms with Crippen LogP contribution >= 0.6 is 23.2 Å². The number of hydrogen-bond acceptors (Lipinski definition) is 2. The average molecular weight is 276 g/mol. The monoisotopic (exact) mass is 275 g/mol. The van der Waals surface area contributed by atoms with Gasteiger partial charge >= 0.3 is 0 Å². The van der Waals surface area contributed by atoms with Crippen LogP contribution in [0.15, 0.2) is 18.2 Å². The molecule has 0 amide bonds. The Morgan fingerprint density at radius 2 is 1.94 bits per heavy atom. The van der Waals surface area contributed by atoms with Crippen LogP contribution in [0.5, 0.6) is 0 Å². The summed E-state index contributed by atoms with van der Waals surface area (Å²) in [5, 5.41) is 11.4. The van der Waals surface area contributed by atoms with Gasteiger partial charge in [0.25, 0.3) is 0 Å². The fourth-order valence-corrected chi connectivity index (χ4v) is 2.48. The summed E-state index contributed by atoms with van der Waals surface area (Å²) in [6.45, 7) is 4.66. The molecule has 0 aliphatic heterocycles. The molecule has 0 radical (unpaired) electrons. The molecule has 0 heterocycles. The summed E-state index contributed by atoms with van der Waals surface area (Å²) >= 11 is 11.9. The number of aliphatic hydroxyl groups excluding tert-OH is 1.